The molecular formula is C20H19ClN2O3. The number of hydrogen-bond acceptors (Lipinski definition) is 4. The monoisotopic (exact) mass is 370 g/mol. The van der Waals surface area contributed by atoms with Gasteiger partial charge in [-0.05, 0) is 41.6 Å². The minimum atomic E-state index is -0.872. The molecule has 1 amide bonds. The van der Waals surface area contributed by atoms with Crippen molar-refractivity contribution in [2.75, 3.05) is 13.7 Å². The summed E-state index contributed by atoms with van der Waals surface area (Å²) in [6.45, 7) is 2.12. The Labute approximate surface area is 156 Å². The van der Waals surface area contributed by atoms with Crippen LogP contribution in [0.25, 0.3) is 21.9 Å². The summed E-state index contributed by atoms with van der Waals surface area (Å²) in [5.74, 6) is -0.117. The van der Waals surface area contributed by atoms with E-state index in [9.17, 15) is 4.79 Å². The van der Waals surface area contributed by atoms with Crippen LogP contribution in [0.15, 0.2) is 48.7 Å². The van der Waals surface area contributed by atoms with Gasteiger partial charge in [0.05, 0.1) is 6.61 Å². The molecule has 0 radical (unpaired) electrons. The van der Waals surface area contributed by atoms with Crippen molar-refractivity contribution in [1.82, 2.24) is 4.98 Å². The van der Waals surface area contributed by atoms with Gasteiger partial charge in [-0.2, -0.15) is 0 Å². The fourth-order valence-corrected chi connectivity index (χ4v) is 3.05. The molecule has 1 atom stereocenters. The maximum atomic E-state index is 11.5. The highest BCUT2D eigenvalue weighted by atomic mass is 35.5. The molecule has 0 aliphatic carbocycles. The summed E-state index contributed by atoms with van der Waals surface area (Å²) in [6.07, 6.45) is 0.897. The molecule has 0 fully saturated rings. The Morgan fingerprint density at radius 3 is 2.65 bits per heavy atom. The van der Waals surface area contributed by atoms with Crippen molar-refractivity contribution in [3.05, 3.63) is 59.4 Å². The van der Waals surface area contributed by atoms with Crippen LogP contribution in [-0.4, -0.2) is 30.7 Å². The SMILES string of the molecule is COCC(Oc1ccc2c(-c3ccccc3C)cnc(Cl)c2c1)C(N)=O. The summed E-state index contributed by atoms with van der Waals surface area (Å²) < 4.78 is 10.6. The normalized spacial score (nSPS) is 12.1. The lowest BCUT2D eigenvalue weighted by molar-refractivity contribution is -0.126. The van der Waals surface area contributed by atoms with Crippen LogP contribution in [0.2, 0.25) is 5.15 Å². The first-order valence-electron chi connectivity index (χ1n) is 8.10. The van der Waals surface area contributed by atoms with Crippen LogP contribution in [0.3, 0.4) is 0 Å². The highest BCUT2D eigenvalue weighted by molar-refractivity contribution is 6.34. The van der Waals surface area contributed by atoms with Crippen molar-refractivity contribution in [1.29, 1.82) is 0 Å². The fraction of sp³-hybridized carbons (Fsp3) is 0.200. The fourth-order valence-electron chi connectivity index (χ4n) is 2.84. The van der Waals surface area contributed by atoms with Gasteiger partial charge >= 0.3 is 0 Å². The largest absolute Gasteiger partial charge is 0.478 e. The number of hydrogen-bond donors (Lipinski definition) is 1. The van der Waals surface area contributed by atoms with Crippen molar-refractivity contribution >= 4 is 28.3 Å². The van der Waals surface area contributed by atoms with Crippen LogP contribution in [-0.2, 0) is 9.53 Å². The van der Waals surface area contributed by atoms with Gasteiger partial charge in [0.1, 0.15) is 10.9 Å². The number of ether oxygens (including phenoxy) is 2. The van der Waals surface area contributed by atoms with E-state index < -0.39 is 12.0 Å². The summed E-state index contributed by atoms with van der Waals surface area (Å²) in [5.41, 5.74) is 8.56. The van der Waals surface area contributed by atoms with E-state index in [0.29, 0.717) is 10.9 Å². The Morgan fingerprint density at radius 2 is 1.96 bits per heavy atom. The minimum Gasteiger partial charge on any atom is -0.478 e. The van der Waals surface area contributed by atoms with Gasteiger partial charge in [-0.3, -0.25) is 4.79 Å². The number of aromatic nitrogens is 1. The van der Waals surface area contributed by atoms with Crippen molar-refractivity contribution in [2.24, 2.45) is 5.73 Å². The number of carbonyl (C=O) groups is 1. The second-order valence-corrected chi connectivity index (χ2v) is 6.31. The molecule has 3 aromatic rings. The number of aryl methyl sites for hydroxylation is 1. The molecular weight excluding hydrogens is 352 g/mol. The Bertz CT molecular complexity index is 959. The second-order valence-electron chi connectivity index (χ2n) is 5.95. The highest BCUT2D eigenvalue weighted by Crippen LogP contribution is 2.35. The van der Waals surface area contributed by atoms with Crippen molar-refractivity contribution < 1.29 is 14.3 Å². The van der Waals surface area contributed by atoms with E-state index in [-0.39, 0.29) is 6.61 Å². The maximum absolute atomic E-state index is 11.5. The smallest absolute Gasteiger partial charge is 0.260 e. The summed E-state index contributed by atoms with van der Waals surface area (Å²) in [4.78, 5) is 15.8. The Hall–Kier alpha value is -2.63. The number of nitrogens with two attached hydrogens (primary N) is 1. The number of carbonyl (C=O) groups excluding carboxylic acids is 1. The number of nitrogens with zero attached hydrogens (tertiary/aromatic N) is 1. The van der Waals surface area contributed by atoms with Crippen LogP contribution < -0.4 is 10.5 Å². The molecule has 0 spiro atoms. The molecule has 1 aromatic heterocycles. The first kappa shape index (κ1) is 18.2. The van der Waals surface area contributed by atoms with Crippen LogP contribution in [0.5, 0.6) is 5.75 Å². The summed E-state index contributed by atoms with van der Waals surface area (Å²) in [5, 5.41) is 2.06. The molecule has 0 aliphatic heterocycles. The lowest BCUT2D eigenvalue weighted by Crippen LogP contribution is -2.37. The minimum absolute atomic E-state index is 0.0720. The number of benzene rings is 2. The van der Waals surface area contributed by atoms with E-state index in [4.69, 9.17) is 26.8 Å². The molecule has 2 N–H and O–H groups in total. The average Bonchev–Trinajstić information content (AvgIpc) is 2.63. The first-order chi connectivity index (χ1) is 12.5. The topological polar surface area (TPSA) is 74.4 Å². The Balaban J connectivity index is 2.07. The van der Waals surface area contributed by atoms with Crippen LogP contribution >= 0.6 is 11.6 Å². The van der Waals surface area contributed by atoms with Crippen molar-refractivity contribution in [3.63, 3.8) is 0 Å². The number of pyridine rings is 1. The summed E-state index contributed by atoms with van der Waals surface area (Å²) in [7, 11) is 1.48. The number of halogens is 1. The number of methoxy groups -OCH3 is 1. The lowest BCUT2D eigenvalue weighted by Gasteiger charge is -2.16. The average molecular weight is 371 g/mol. The zero-order valence-electron chi connectivity index (χ0n) is 14.5. The zero-order valence-corrected chi connectivity index (χ0v) is 15.3. The lowest BCUT2D eigenvalue weighted by atomic mass is 9.97. The molecule has 26 heavy (non-hydrogen) atoms. The number of primary amides is 1. The third-order valence-electron chi connectivity index (χ3n) is 4.16. The quantitative estimate of drug-likeness (QED) is 0.671. The van der Waals surface area contributed by atoms with E-state index in [1.807, 2.05) is 24.3 Å². The van der Waals surface area contributed by atoms with Gasteiger partial charge in [0.25, 0.3) is 5.91 Å². The van der Waals surface area contributed by atoms with Crippen molar-refractivity contribution in [2.45, 2.75) is 13.0 Å². The van der Waals surface area contributed by atoms with E-state index in [1.165, 1.54) is 7.11 Å². The molecule has 1 heterocycles. The summed E-state index contributed by atoms with van der Waals surface area (Å²) in [6, 6.07) is 13.5. The third-order valence-corrected chi connectivity index (χ3v) is 4.46. The van der Waals surface area contributed by atoms with Crippen LogP contribution in [0, 0.1) is 6.92 Å². The molecule has 1 unspecified atom stereocenters. The molecule has 0 saturated heterocycles. The Morgan fingerprint density at radius 1 is 1.19 bits per heavy atom. The van der Waals surface area contributed by atoms with Gasteiger partial charge in [0.2, 0.25) is 0 Å². The molecule has 0 bridgehead atoms. The zero-order chi connectivity index (χ0) is 18.7. The molecule has 6 heteroatoms. The van der Waals surface area contributed by atoms with E-state index in [2.05, 4.69) is 18.0 Å². The molecule has 0 aliphatic rings. The van der Waals surface area contributed by atoms with Crippen LogP contribution in [0.4, 0.5) is 0 Å². The standard InChI is InChI=1S/C20H19ClN2O3/c1-12-5-3-4-6-14(12)17-10-23-19(21)16-9-13(7-8-15(16)17)26-18(11-25-2)20(22)24/h3-10,18H,11H2,1-2H3,(H2,22,24). The number of amides is 1. The number of fused-ring (bicyclic) bond motifs is 1. The maximum Gasteiger partial charge on any atom is 0.260 e. The molecule has 3 rings (SSSR count). The Kier molecular flexibility index (Phi) is 5.40. The highest BCUT2D eigenvalue weighted by Gasteiger charge is 2.18. The first-order valence-corrected chi connectivity index (χ1v) is 8.48. The second kappa shape index (κ2) is 7.72. The van der Waals surface area contributed by atoms with E-state index in [1.54, 1.807) is 18.3 Å². The van der Waals surface area contributed by atoms with E-state index in [0.717, 1.165) is 27.5 Å². The third kappa shape index (κ3) is 3.64. The van der Waals surface area contributed by atoms with Gasteiger partial charge in [-0.1, -0.05) is 35.9 Å². The van der Waals surface area contributed by atoms with Gasteiger partial charge in [0.15, 0.2) is 6.10 Å². The van der Waals surface area contributed by atoms with Crippen molar-refractivity contribution in [3.8, 4) is 16.9 Å². The van der Waals surface area contributed by atoms with Gasteiger partial charge in [-0.15, -0.1) is 0 Å². The number of rotatable bonds is 6. The van der Waals surface area contributed by atoms with Gasteiger partial charge < -0.3 is 15.2 Å². The summed E-state index contributed by atoms with van der Waals surface area (Å²) >= 11 is 6.31. The predicted molar refractivity (Wildman–Crippen MR) is 102 cm³/mol. The predicted octanol–water partition coefficient (Wildman–Crippen LogP) is 3.74. The molecule has 2 aromatic carbocycles. The van der Waals surface area contributed by atoms with Crippen LogP contribution in [0.1, 0.15) is 5.56 Å². The molecule has 5 nitrogen and oxygen atoms in total. The molecule has 134 valence electrons. The van der Waals surface area contributed by atoms with E-state index >= 15 is 0 Å². The van der Waals surface area contributed by atoms with Gasteiger partial charge in [0, 0.05) is 24.3 Å². The molecule has 0 saturated carbocycles. The van der Waals surface area contributed by atoms with Gasteiger partial charge in [-0.25, -0.2) is 4.98 Å².